The molecule has 8 rings (SSSR count). The van der Waals surface area contributed by atoms with Crippen LogP contribution in [0.4, 0.5) is 0 Å². The molecule has 5 aromatic carbocycles. The fourth-order valence-electron chi connectivity index (χ4n) is 8.80. The Balaban J connectivity index is 1.29. The summed E-state index contributed by atoms with van der Waals surface area (Å²) in [5.41, 5.74) is 5.23. The SMILES string of the molecule is C[C@@H]1CC2C[C@H](C)CC(c3ccc(-c4nc(-c5ccccc5)nc(-c5cc6ccccc6c6c(C#N)cccc56)n4)cc3)(C2)C1. The first-order valence-electron chi connectivity index (χ1n) is 16.3. The van der Waals surface area contributed by atoms with Crippen LogP contribution in [0.25, 0.3) is 55.7 Å². The highest BCUT2D eigenvalue weighted by molar-refractivity contribution is 6.15. The van der Waals surface area contributed by atoms with Gasteiger partial charge in [-0.3, -0.25) is 0 Å². The summed E-state index contributed by atoms with van der Waals surface area (Å²) in [5, 5.41) is 14.1. The number of nitrogens with zero attached hydrogens (tertiary/aromatic N) is 4. The first-order chi connectivity index (χ1) is 22.0. The van der Waals surface area contributed by atoms with Crippen molar-refractivity contribution >= 4 is 21.5 Å². The van der Waals surface area contributed by atoms with Crippen LogP contribution in [0.3, 0.4) is 0 Å². The number of nitriles is 1. The summed E-state index contributed by atoms with van der Waals surface area (Å²) in [7, 11) is 0. The summed E-state index contributed by atoms with van der Waals surface area (Å²) in [4.78, 5) is 15.2. The van der Waals surface area contributed by atoms with Crippen molar-refractivity contribution in [1.29, 1.82) is 5.26 Å². The Labute approximate surface area is 264 Å². The monoisotopic (exact) mass is 584 g/mol. The van der Waals surface area contributed by atoms with Crippen molar-refractivity contribution in [1.82, 2.24) is 15.0 Å². The number of aromatic nitrogens is 3. The second kappa shape index (κ2) is 10.9. The largest absolute Gasteiger partial charge is 0.208 e. The zero-order valence-corrected chi connectivity index (χ0v) is 25.9. The Morgan fingerprint density at radius 1 is 0.644 bits per heavy atom. The topological polar surface area (TPSA) is 62.5 Å². The molecule has 6 aromatic rings. The van der Waals surface area contributed by atoms with Gasteiger partial charge in [0.15, 0.2) is 17.5 Å². The second-order valence-electron chi connectivity index (χ2n) is 13.7. The van der Waals surface area contributed by atoms with E-state index in [1.807, 2.05) is 54.6 Å². The van der Waals surface area contributed by atoms with Crippen LogP contribution in [0, 0.1) is 29.1 Å². The van der Waals surface area contributed by atoms with Gasteiger partial charge in [-0.25, -0.2) is 15.0 Å². The van der Waals surface area contributed by atoms with Gasteiger partial charge in [0.05, 0.1) is 11.6 Å². The van der Waals surface area contributed by atoms with Crippen LogP contribution in [0.15, 0.2) is 103 Å². The van der Waals surface area contributed by atoms with Crippen LogP contribution in [0.1, 0.15) is 57.1 Å². The van der Waals surface area contributed by atoms with E-state index in [-0.39, 0.29) is 5.41 Å². The van der Waals surface area contributed by atoms with E-state index in [1.165, 1.54) is 37.7 Å². The predicted molar refractivity (Wildman–Crippen MR) is 182 cm³/mol. The Kier molecular flexibility index (Phi) is 6.72. The van der Waals surface area contributed by atoms with Gasteiger partial charge >= 0.3 is 0 Å². The van der Waals surface area contributed by atoms with E-state index in [0.717, 1.165) is 56.0 Å². The van der Waals surface area contributed by atoms with Crippen LogP contribution in [0.2, 0.25) is 0 Å². The summed E-state index contributed by atoms with van der Waals surface area (Å²) < 4.78 is 0. The Hall–Kier alpha value is -4.88. The molecule has 2 aliphatic carbocycles. The van der Waals surface area contributed by atoms with Gasteiger partial charge in [-0.2, -0.15) is 5.26 Å². The van der Waals surface area contributed by atoms with Gasteiger partial charge < -0.3 is 0 Å². The van der Waals surface area contributed by atoms with E-state index < -0.39 is 0 Å². The lowest BCUT2D eigenvalue weighted by atomic mass is 9.54. The van der Waals surface area contributed by atoms with E-state index in [1.54, 1.807) is 0 Å². The van der Waals surface area contributed by atoms with Crippen molar-refractivity contribution in [2.24, 2.45) is 17.8 Å². The third-order valence-electron chi connectivity index (χ3n) is 10.3. The second-order valence-corrected chi connectivity index (χ2v) is 13.7. The molecule has 1 heterocycles. The summed E-state index contributed by atoms with van der Waals surface area (Å²) in [6.45, 7) is 4.89. The number of hydrogen-bond donors (Lipinski definition) is 0. The normalized spacial score (nSPS) is 22.7. The molecule has 0 N–H and O–H groups in total. The first kappa shape index (κ1) is 27.7. The molecule has 2 aliphatic rings. The summed E-state index contributed by atoms with van der Waals surface area (Å²) in [6, 6.07) is 38.0. The highest BCUT2D eigenvalue weighted by Gasteiger charge is 2.45. The van der Waals surface area contributed by atoms with Gasteiger partial charge in [-0.15, -0.1) is 0 Å². The Morgan fingerprint density at radius 3 is 1.98 bits per heavy atom. The van der Waals surface area contributed by atoms with Crippen LogP contribution < -0.4 is 0 Å². The van der Waals surface area contributed by atoms with Crippen LogP contribution in [0.5, 0.6) is 0 Å². The maximum atomic E-state index is 10.1. The van der Waals surface area contributed by atoms with Crippen molar-refractivity contribution in [3.8, 4) is 40.2 Å². The van der Waals surface area contributed by atoms with Gasteiger partial charge in [0, 0.05) is 22.1 Å². The number of fused-ring (bicyclic) bond motifs is 5. The van der Waals surface area contributed by atoms with Crippen LogP contribution in [-0.4, -0.2) is 15.0 Å². The molecule has 0 amide bonds. The maximum Gasteiger partial charge on any atom is 0.164 e. The first-order valence-corrected chi connectivity index (χ1v) is 16.3. The maximum absolute atomic E-state index is 10.1. The summed E-state index contributed by atoms with van der Waals surface area (Å²) in [6.07, 6.45) is 6.62. The molecule has 2 bridgehead atoms. The summed E-state index contributed by atoms with van der Waals surface area (Å²) in [5.74, 6) is 4.30. The molecule has 2 unspecified atom stereocenters. The molecule has 45 heavy (non-hydrogen) atoms. The molecule has 4 heteroatoms. The van der Waals surface area contributed by atoms with E-state index in [2.05, 4.69) is 68.4 Å². The predicted octanol–water partition coefficient (Wildman–Crippen LogP) is 10.2. The van der Waals surface area contributed by atoms with Crippen molar-refractivity contribution < 1.29 is 0 Å². The number of benzene rings is 5. The van der Waals surface area contributed by atoms with E-state index in [4.69, 9.17) is 15.0 Å². The zero-order valence-electron chi connectivity index (χ0n) is 25.9. The third-order valence-corrected chi connectivity index (χ3v) is 10.3. The standard InChI is InChI=1S/C41H36N4/c1-26-19-28-20-27(2)23-41(22-26,24-28)33-17-15-30(16-18-33)39-43-38(29-9-4-3-5-10-29)44-40(45-39)36-21-31-11-6-7-13-34(31)37-32(25-42)12-8-14-35(36)37/h3-18,21,26-28H,19-20,22-24H2,1-2H3/t26-,27+,28?,41?. The molecule has 2 fully saturated rings. The minimum atomic E-state index is 0.278. The molecular formula is C41H36N4. The van der Waals surface area contributed by atoms with Crippen molar-refractivity contribution in [2.75, 3.05) is 0 Å². The quantitative estimate of drug-likeness (QED) is 0.193. The number of hydrogen-bond acceptors (Lipinski definition) is 4. The molecule has 2 saturated carbocycles. The smallest absolute Gasteiger partial charge is 0.164 e. The van der Waals surface area contributed by atoms with E-state index in [9.17, 15) is 5.26 Å². The van der Waals surface area contributed by atoms with Gasteiger partial charge in [0.2, 0.25) is 0 Å². The van der Waals surface area contributed by atoms with Crippen molar-refractivity contribution in [2.45, 2.75) is 51.4 Å². The molecule has 4 atom stereocenters. The lowest BCUT2D eigenvalue weighted by Crippen LogP contribution is -2.42. The van der Waals surface area contributed by atoms with Crippen molar-refractivity contribution in [3.05, 3.63) is 114 Å². The molecule has 220 valence electrons. The highest BCUT2D eigenvalue weighted by Crippen LogP contribution is 2.54. The lowest BCUT2D eigenvalue weighted by Gasteiger charge is -2.50. The molecule has 0 spiro atoms. The van der Waals surface area contributed by atoms with Crippen LogP contribution >= 0.6 is 0 Å². The third kappa shape index (κ3) is 4.88. The van der Waals surface area contributed by atoms with Crippen LogP contribution in [-0.2, 0) is 5.41 Å². The van der Waals surface area contributed by atoms with Gasteiger partial charge in [-0.05, 0) is 89.1 Å². The average Bonchev–Trinajstić information content (AvgIpc) is 3.07. The zero-order chi connectivity index (χ0) is 30.5. The molecule has 0 radical (unpaired) electrons. The van der Waals surface area contributed by atoms with Gasteiger partial charge in [0.1, 0.15) is 0 Å². The molecular weight excluding hydrogens is 548 g/mol. The Bertz CT molecular complexity index is 2070. The highest BCUT2D eigenvalue weighted by atomic mass is 15.0. The average molecular weight is 585 g/mol. The van der Waals surface area contributed by atoms with E-state index >= 15 is 0 Å². The van der Waals surface area contributed by atoms with Gasteiger partial charge in [-0.1, -0.05) is 105 Å². The minimum absolute atomic E-state index is 0.278. The fraction of sp³-hybridized carbons (Fsp3) is 0.268. The lowest BCUT2D eigenvalue weighted by molar-refractivity contribution is 0.0780. The number of rotatable bonds is 4. The molecule has 4 nitrogen and oxygen atoms in total. The Morgan fingerprint density at radius 2 is 1.27 bits per heavy atom. The van der Waals surface area contributed by atoms with E-state index in [0.29, 0.717) is 23.0 Å². The summed E-state index contributed by atoms with van der Waals surface area (Å²) >= 11 is 0. The fourth-order valence-corrected chi connectivity index (χ4v) is 8.80. The molecule has 0 aliphatic heterocycles. The van der Waals surface area contributed by atoms with Crippen molar-refractivity contribution in [3.63, 3.8) is 0 Å². The molecule has 0 saturated heterocycles. The minimum Gasteiger partial charge on any atom is -0.208 e. The molecule has 1 aromatic heterocycles. The van der Waals surface area contributed by atoms with Gasteiger partial charge in [0.25, 0.3) is 0 Å².